The normalized spacial score (nSPS) is 12.3. The topological polar surface area (TPSA) is 81.7 Å². The molecule has 6 nitrogen and oxygen atoms in total. The van der Waals surface area contributed by atoms with Crippen molar-refractivity contribution in [2.24, 2.45) is 0 Å². The number of rotatable bonds is 6. The third kappa shape index (κ3) is 5.81. The molecule has 27 heavy (non-hydrogen) atoms. The van der Waals surface area contributed by atoms with Gasteiger partial charge in [0, 0.05) is 12.0 Å². The number of methoxy groups -OCH3 is 1. The quantitative estimate of drug-likeness (QED) is 0.789. The molecule has 0 radical (unpaired) electrons. The van der Waals surface area contributed by atoms with Gasteiger partial charge in [0.15, 0.2) is 0 Å². The van der Waals surface area contributed by atoms with E-state index >= 15 is 0 Å². The Morgan fingerprint density at radius 1 is 1.04 bits per heavy atom. The van der Waals surface area contributed by atoms with Crippen molar-refractivity contribution in [3.05, 3.63) is 48.0 Å². The minimum Gasteiger partial charge on any atom is -0.467 e. The lowest BCUT2D eigenvalue weighted by Crippen LogP contribution is -2.42. The number of esters is 2. The van der Waals surface area contributed by atoms with Crippen LogP contribution in [0.4, 0.5) is 0 Å². The van der Waals surface area contributed by atoms with Crippen LogP contribution < -0.4 is 5.32 Å². The molecule has 2 aromatic rings. The van der Waals surface area contributed by atoms with Crippen molar-refractivity contribution in [2.45, 2.75) is 45.3 Å². The van der Waals surface area contributed by atoms with Gasteiger partial charge < -0.3 is 14.8 Å². The van der Waals surface area contributed by atoms with Gasteiger partial charge in [0.2, 0.25) is 0 Å². The maximum absolute atomic E-state index is 12.7. The molecule has 0 saturated carbocycles. The number of carbonyl (C=O) groups is 3. The SMILES string of the molecule is COC(=O)[C@H](CCC(=O)OC(C)(C)C)NC(=O)c1cccc2ccccc12. The van der Waals surface area contributed by atoms with E-state index in [9.17, 15) is 14.4 Å². The minimum atomic E-state index is -0.936. The Morgan fingerprint density at radius 2 is 1.70 bits per heavy atom. The number of fused-ring (bicyclic) bond motifs is 1. The fourth-order valence-electron chi connectivity index (χ4n) is 2.71. The standard InChI is InChI=1S/C21H25NO5/c1-21(2,3)27-18(23)13-12-17(20(25)26-4)22-19(24)16-11-7-9-14-8-5-6-10-15(14)16/h5-11,17H,12-13H2,1-4H3,(H,22,24)/t17-/m0/s1. The fourth-order valence-corrected chi connectivity index (χ4v) is 2.71. The van der Waals surface area contributed by atoms with Crippen molar-refractivity contribution in [2.75, 3.05) is 7.11 Å². The lowest BCUT2D eigenvalue weighted by molar-refractivity contribution is -0.155. The highest BCUT2D eigenvalue weighted by Crippen LogP contribution is 2.19. The van der Waals surface area contributed by atoms with Crippen LogP contribution in [0.2, 0.25) is 0 Å². The number of benzene rings is 2. The third-order valence-corrected chi connectivity index (χ3v) is 3.88. The van der Waals surface area contributed by atoms with Crippen LogP contribution >= 0.6 is 0 Å². The molecule has 1 amide bonds. The average Bonchev–Trinajstić information content (AvgIpc) is 2.62. The van der Waals surface area contributed by atoms with Gasteiger partial charge in [-0.2, -0.15) is 0 Å². The van der Waals surface area contributed by atoms with E-state index in [4.69, 9.17) is 9.47 Å². The zero-order valence-electron chi connectivity index (χ0n) is 16.1. The van der Waals surface area contributed by atoms with Crippen molar-refractivity contribution in [1.29, 1.82) is 0 Å². The number of nitrogens with one attached hydrogen (secondary N) is 1. The molecular weight excluding hydrogens is 346 g/mol. The summed E-state index contributed by atoms with van der Waals surface area (Å²) in [6.45, 7) is 5.31. The van der Waals surface area contributed by atoms with Crippen LogP contribution in [0.3, 0.4) is 0 Å². The number of ether oxygens (including phenoxy) is 2. The maximum atomic E-state index is 12.7. The summed E-state index contributed by atoms with van der Waals surface area (Å²) in [6.07, 6.45) is 0.0882. The Labute approximate surface area is 158 Å². The van der Waals surface area contributed by atoms with Gasteiger partial charge in [0.1, 0.15) is 11.6 Å². The van der Waals surface area contributed by atoms with Crippen molar-refractivity contribution >= 4 is 28.6 Å². The Hall–Kier alpha value is -2.89. The largest absolute Gasteiger partial charge is 0.467 e. The van der Waals surface area contributed by atoms with Crippen LogP contribution in [0, 0.1) is 0 Å². The molecule has 2 rings (SSSR count). The Balaban J connectivity index is 2.12. The monoisotopic (exact) mass is 371 g/mol. The molecule has 0 aromatic heterocycles. The van der Waals surface area contributed by atoms with Crippen LogP contribution in [0.25, 0.3) is 10.8 Å². The molecule has 0 aliphatic rings. The molecule has 0 fully saturated rings. The van der Waals surface area contributed by atoms with Crippen molar-refractivity contribution in [1.82, 2.24) is 5.32 Å². The fraction of sp³-hybridized carbons (Fsp3) is 0.381. The smallest absolute Gasteiger partial charge is 0.328 e. The maximum Gasteiger partial charge on any atom is 0.328 e. The highest BCUT2D eigenvalue weighted by molar-refractivity contribution is 6.08. The van der Waals surface area contributed by atoms with Gasteiger partial charge in [-0.05, 0) is 44.0 Å². The predicted octanol–water partition coefficient (Wildman–Crippen LogP) is 3.23. The van der Waals surface area contributed by atoms with Crippen molar-refractivity contribution < 1.29 is 23.9 Å². The van der Waals surface area contributed by atoms with Gasteiger partial charge in [0.05, 0.1) is 7.11 Å². The molecule has 2 aromatic carbocycles. The number of hydrogen-bond acceptors (Lipinski definition) is 5. The Morgan fingerprint density at radius 3 is 2.37 bits per heavy atom. The highest BCUT2D eigenvalue weighted by atomic mass is 16.6. The van der Waals surface area contributed by atoms with Gasteiger partial charge in [-0.15, -0.1) is 0 Å². The molecule has 1 atom stereocenters. The molecule has 0 spiro atoms. The lowest BCUT2D eigenvalue weighted by atomic mass is 10.0. The Bertz CT molecular complexity index is 833. The average molecular weight is 371 g/mol. The summed E-state index contributed by atoms with van der Waals surface area (Å²) >= 11 is 0. The highest BCUT2D eigenvalue weighted by Gasteiger charge is 2.25. The summed E-state index contributed by atoms with van der Waals surface area (Å²) in [5.41, 5.74) is -0.149. The Kier molecular flexibility index (Phi) is 6.55. The zero-order chi connectivity index (χ0) is 20.0. The van der Waals surface area contributed by atoms with E-state index in [1.165, 1.54) is 7.11 Å². The first-order valence-electron chi connectivity index (χ1n) is 8.79. The molecule has 0 bridgehead atoms. The summed E-state index contributed by atoms with van der Waals surface area (Å²) < 4.78 is 10.0. The minimum absolute atomic E-state index is 0.00709. The molecular formula is C21H25NO5. The second-order valence-corrected chi connectivity index (χ2v) is 7.20. The van der Waals surface area contributed by atoms with Gasteiger partial charge in [0.25, 0.3) is 5.91 Å². The summed E-state index contributed by atoms with van der Waals surface area (Å²) in [4.78, 5) is 36.7. The summed E-state index contributed by atoms with van der Waals surface area (Å²) in [7, 11) is 1.24. The van der Waals surface area contributed by atoms with Crippen LogP contribution in [-0.4, -0.2) is 36.6 Å². The molecule has 0 heterocycles. The zero-order valence-corrected chi connectivity index (χ0v) is 16.1. The summed E-state index contributed by atoms with van der Waals surface area (Å²) in [5, 5.41) is 4.38. The molecule has 1 N–H and O–H groups in total. The number of hydrogen-bond donors (Lipinski definition) is 1. The van der Waals surface area contributed by atoms with Gasteiger partial charge in [-0.3, -0.25) is 9.59 Å². The van der Waals surface area contributed by atoms with Crippen LogP contribution in [0.1, 0.15) is 44.0 Å². The molecule has 0 unspecified atom stereocenters. The molecule has 0 saturated heterocycles. The van der Waals surface area contributed by atoms with Gasteiger partial charge >= 0.3 is 11.9 Å². The van der Waals surface area contributed by atoms with Crippen molar-refractivity contribution in [3.8, 4) is 0 Å². The molecule has 6 heteroatoms. The third-order valence-electron chi connectivity index (χ3n) is 3.88. The number of carbonyl (C=O) groups excluding carboxylic acids is 3. The first-order chi connectivity index (χ1) is 12.7. The van der Waals surface area contributed by atoms with Crippen LogP contribution in [-0.2, 0) is 19.1 Å². The second kappa shape index (κ2) is 8.66. The number of amides is 1. The van der Waals surface area contributed by atoms with Crippen LogP contribution in [0.15, 0.2) is 42.5 Å². The van der Waals surface area contributed by atoms with E-state index in [-0.39, 0.29) is 12.8 Å². The van der Waals surface area contributed by atoms with E-state index in [2.05, 4.69) is 5.32 Å². The summed E-state index contributed by atoms with van der Waals surface area (Å²) in [6, 6.07) is 11.9. The second-order valence-electron chi connectivity index (χ2n) is 7.20. The first kappa shape index (κ1) is 20.4. The lowest BCUT2D eigenvalue weighted by Gasteiger charge is -2.21. The van der Waals surface area contributed by atoms with Crippen LogP contribution in [0.5, 0.6) is 0 Å². The van der Waals surface area contributed by atoms with Gasteiger partial charge in [-0.1, -0.05) is 36.4 Å². The van der Waals surface area contributed by atoms with E-state index in [0.29, 0.717) is 5.56 Å². The van der Waals surface area contributed by atoms with E-state index < -0.39 is 29.5 Å². The summed E-state index contributed by atoms with van der Waals surface area (Å²) in [5.74, 6) is -1.44. The van der Waals surface area contributed by atoms with Crippen molar-refractivity contribution in [3.63, 3.8) is 0 Å². The van der Waals surface area contributed by atoms with E-state index in [1.54, 1.807) is 32.9 Å². The predicted molar refractivity (Wildman–Crippen MR) is 102 cm³/mol. The van der Waals surface area contributed by atoms with E-state index in [0.717, 1.165) is 10.8 Å². The van der Waals surface area contributed by atoms with Gasteiger partial charge in [-0.25, -0.2) is 4.79 Å². The first-order valence-corrected chi connectivity index (χ1v) is 8.79. The molecule has 0 aliphatic carbocycles. The molecule has 0 aliphatic heterocycles. The van der Waals surface area contributed by atoms with E-state index in [1.807, 2.05) is 30.3 Å². The molecule has 144 valence electrons.